The van der Waals surface area contributed by atoms with E-state index < -0.39 is 0 Å². The van der Waals surface area contributed by atoms with E-state index >= 15 is 0 Å². The molecule has 1 aromatic carbocycles. The number of benzene rings is 1. The molecule has 2 rings (SSSR count). The first kappa shape index (κ1) is 15.5. The van der Waals surface area contributed by atoms with Gasteiger partial charge in [-0.2, -0.15) is 0 Å². The highest BCUT2D eigenvalue weighted by Crippen LogP contribution is 2.17. The zero-order valence-corrected chi connectivity index (χ0v) is 12.8. The summed E-state index contributed by atoms with van der Waals surface area (Å²) in [5, 5.41) is 5.72. The van der Waals surface area contributed by atoms with Gasteiger partial charge in [-0.1, -0.05) is 44.2 Å². The highest BCUT2D eigenvalue weighted by atomic mass is 16.2. The fourth-order valence-electron chi connectivity index (χ4n) is 2.63. The minimum atomic E-state index is -0.206. The first-order valence-corrected chi connectivity index (χ1v) is 7.64. The summed E-state index contributed by atoms with van der Waals surface area (Å²) in [6.07, 6.45) is 1.28. The molecule has 0 radical (unpaired) electrons. The summed E-state index contributed by atoms with van der Waals surface area (Å²) in [7, 11) is 0. The lowest BCUT2D eigenvalue weighted by Crippen LogP contribution is -2.37. The Morgan fingerprint density at radius 2 is 2.05 bits per heavy atom. The van der Waals surface area contributed by atoms with Crippen molar-refractivity contribution in [3.05, 3.63) is 35.9 Å². The molecule has 0 bridgehead atoms. The summed E-state index contributed by atoms with van der Waals surface area (Å²) in [5.41, 5.74) is 1.29. The van der Waals surface area contributed by atoms with Crippen molar-refractivity contribution in [3.63, 3.8) is 0 Å². The normalized spacial score (nSPS) is 19.4. The van der Waals surface area contributed by atoms with Crippen LogP contribution in [-0.4, -0.2) is 24.9 Å². The zero-order valence-electron chi connectivity index (χ0n) is 12.8. The van der Waals surface area contributed by atoms with E-state index in [1.165, 1.54) is 5.56 Å². The van der Waals surface area contributed by atoms with Crippen LogP contribution in [0.25, 0.3) is 0 Å². The van der Waals surface area contributed by atoms with Crippen molar-refractivity contribution in [2.45, 2.75) is 26.7 Å². The van der Waals surface area contributed by atoms with Gasteiger partial charge in [0, 0.05) is 19.5 Å². The molecule has 1 heterocycles. The second-order valence-corrected chi connectivity index (χ2v) is 6.14. The third-order valence-electron chi connectivity index (χ3n) is 4.17. The molecule has 0 unspecified atom stereocenters. The van der Waals surface area contributed by atoms with Crippen molar-refractivity contribution in [2.75, 3.05) is 13.1 Å². The van der Waals surface area contributed by atoms with E-state index in [0.717, 1.165) is 6.42 Å². The van der Waals surface area contributed by atoms with E-state index in [-0.39, 0.29) is 17.7 Å². The molecule has 0 aromatic heterocycles. The molecule has 2 atom stereocenters. The molecule has 4 heteroatoms. The number of hydrogen-bond donors (Lipinski definition) is 2. The first-order chi connectivity index (χ1) is 10.1. The minimum Gasteiger partial charge on any atom is -0.355 e. The van der Waals surface area contributed by atoms with Crippen LogP contribution in [0.3, 0.4) is 0 Å². The predicted octanol–water partition coefficient (Wildman–Crippen LogP) is 1.75. The molecular formula is C17H24N2O2. The first-order valence-electron chi connectivity index (χ1n) is 7.64. The van der Waals surface area contributed by atoms with Gasteiger partial charge >= 0.3 is 0 Å². The van der Waals surface area contributed by atoms with Crippen LogP contribution in [0.1, 0.15) is 25.8 Å². The molecule has 4 nitrogen and oxygen atoms in total. The third kappa shape index (κ3) is 4.59. The predicted molar refractivity (Wildman–Crippen MR) is 82.6 cm³/mol. The maximum atomic E-state index is 12.1. The number of carbonyl (C=O) groups is 2. The maximum absolute atomic E-state index is 12.1. The van der Waals surface area contributed by atoms with Gasteiger partial charge in [0.15, 0.2) is 0 Å². The fourth-order valence-corrected chi connectivity index (χ4v) is 2.63. The molecule has 114 valence electrons. The van der Waals surface area contributed by atoms with E-state index in [2.05, 4.69) is 36.6 Å². The Bertz CT molecular complexity index is 485. The van der Waals surface area contributed by atoms with Crippen LogP contribution in [0.15, 0.2) is 30.3 Å². The lowest BCUT2D eigenvalue weighted by molar-refractivity contribution is -0.126. The van der Waals surface area contributed by atoms with Crippen molar-refractivity contribution in [1.82, 2.24) is 10.6 Å². The quantitative estimate of drug-likeness (QED) is 0.838. The third-order valence-corrected chi connectivity index (χ3v) is 4.17. The van der Waals surface area contributed by atoms with Gasteiger partial charge in [0.05, 0.1) is 5.92 Å². The summed E-state index contributed by atoms with van der Waals surface area (Å²) in [6.45, 7) is 5.49. The van der Waals surface area contributed by atoms with Gasteiger partial charge in [0.25, 0.3) is 0 Å². The summed E-state index contributed by atoms with van der Waals surface area (Å²) >= 11 is 0. The summed E-state index contributed by atoms with van der Waals surface area (Å²) in [4.78, 5) is 23.2. The van der Waals surface area contributed by atoms with Crippen molar-refractivity contribution in [3.8, 4) is 0 Å². The largest absolute Gasteiger partial charge is 0.355 e. The van der Waals surface area contributed by atoms with Crippen LogP contribution in [-0.2, 0) is 16.0 Å². The summed E-state index contributed by atoms with van der Waals surface area (Å²) in [6, 6.07) is 10.3. The van der Waals surface area contributed by atoms with Crippen LogP contribution in [0.2, 0.25) is 0 Å². The average Bonchev–Trinajstić information content (AvgIpc) is 2.90. The zero-order chi connectivity index (χ0) is 15.2. The SMILES string of the molecule is CC(C)[C@@H](CNC(=O)[C@@H]1CNC(=O)C1)Cc1ccccc1. The topological polar surface area (TPSA) is 58.2 Å². The Labute approximate surface area is 126 Å². The van der Waals surface area contributed by atoms with Crippen LogP contribution < -0.4 is 10.6 Å². The molecule has 21 heavy (non-hydrogen) atoms. The molecule has 0 spiro atoms. The second-order valence-electron chi connectivity index (χ2n) is 6.14. The number of hydrogen-bond acceptors (Lipinski definition) is 2. The standard InChI is InChI=1S/C17H24N2O2/c1-12(2)14(8-13-6-4-3-5-7-13)10-19-17(21)15-9-16(20)18-11-15/h3-7,12,14-15H,8-11H2,1-2H3,(H,18,20)(H,19,21)/t14-,15+/m1/s1. The van der Waals surface area contributed by atoms with Crippen molar-refractivity contribution in [2.24, 2.45) is 17.8 Å². The van der Waals surface area contributed by atoms with Gasteiger partial charge in [0.1, 0.15) is 0 Å². The van der Waals surface area contributed by atoms with E-state index in [4.69, 9.17) is 0 Å². The molecule has 1 aliphatic heterocycles. The molecule has 2 amide bonds. The van der Waals surface area contributed by atoms with Crippen LogP contribution in [0.4, 0.5) is 0 Å². The molecule has 1 aliphatic rings. The Kier molecular flexibility index (Phi) is 5.37. The van der Waals surface area contributed by atoms with Crippen LogP contribution in [0, 0.1) is 17.8 Å². The molecule has 1 fully saturated rings. The molecule has 2 N–H and O–H groups in total. The highest BCUT2D eigenvalue weighted by molar-refractivity contribution is 5.89. The number of amides is 2. The molecule has 1 saturated heterocycles. The average molecular weight is 288 g/mol. The number of nitrogens with one attached hydrogen (secondary N) is 2. The van der Waals surface area contributed by atoms with Crippen LogP contribution >= 0.6 is 0 Å². The van der Waals surface area contributed by atoms with Crippen molar-refractivity contribution < 1.29 is 9.59 Å². The van der Waals surface area contributed by atoms with E-state index in [1.54, 1.807) is 0 Å². The Morgan fingerprint density at radius 3 is 2.62 bits per heavy atom. The van der Waals surface area contributed by atoms with Crippen molar-refractivity contribution in [1.29, 1.82) is 0 Å². The van der Waals surface area contributed by atoms with E-state index in [1.807, 2.05) is 18.2 Å². The highest BCUT2D eigenvalue weighted by Gasteiger charge is 2.28. The maximum Gasteiger partial charge on any atom is 0.225 e. The Morgan fingerprint density at radius 1 is 1.33 bits per heavy atom. The lowest BCUT2D eigenvalue weighted by atomic mass is 9.89. The van der Waals surface area contributed by atoms with Gasteiger partial charge in [-0.05, 0) is 23.8 Å². The van der Waals surface area contributed by atoms with Crippen molar-refractivity contribution >= 4 is 11.8 Å². The number of carbonyl (C=O) groups excluding carboxylic acids is 2. The lowest BCUT2D eigenvalue weighted by Gasteiger charge is -2.22. The smallest absolute Gasteiger partial charge is 0.225 e. The Hall–Kier alpha value is -1.84. The summed E-state index contributed by atoms with van der Waals surface area (Å²) < 4.78 is 0. The van der Waals surface area contributed by atoms with Gasteiger partial charge in [-0.15, -0.1) is 0 Å². The summed E-state index contributed by atoms with van der Waals surface area (Å²) in [5.74, 6) is 0.657. The molecule has 0 aliphatic carbocycles. The molecule has 0 saturated carbocycles. The van der Waals surface area contributed by atoms with Gasteiger partial charge in [-0.25, -0.2) is 0 Å². The van der Waals surface area contributed by atoms with Gasteiger partial charge in [0.2, 0.25) is 11.8 Å². The van der Waals surface area contributed by atoms with E-state index in [0.29, 0.717) is 31.3 Å². The van der Waals surface area contributed by atoms with E-state index in [9.17, 15) is 9.59 Å². The molecular weight excluding hydrogens is 264 g/mol. The fraction of sp³-hybridized carbons (Fsp3) is 0.529. The molecule has 1 aromatic rings. The minimum absolute atomic E-state index is 0.00735. The Balaban J connectivity index is 1.85. The monoisotopic (exact) mass is 288 g/mol. The van der Waals surface area contributed by atoms with Gasteiger partial charge < -0.3 is 10.6 Å². The van der Waals surface area contributed by atoms with Crippen LogP contribution in [0.5, 0.6) is 0 Å². The second kappa shape index (κ2) is 7.25. The number of rotatable bonds is 6. The van der Waals surface area contributed by atoms with Gasteiger partial charge in [-0.3, -0.25) is 9.59 Å².